The molecule has 0 radical (unpaired) electrons. The Bertz CT molecular complexity index is 881. The van der Waals surface area contributed by atoms with E-state index >= 15 is 0 Å². The third kappa shape index (κ3) is 3.55. The molecule has 1 aliphatic carbocycles. The summed E-state index contributed by atoms with van der Waals surface area (Å²) in [6.07, 6.45) is 5.28. The van der Waals surface area contributed by atoms with E-state index in [2.05, 4.69) is 44.2 Å². The molecule has 0 spiro atoms. The third-order valence-corrected chi connectivity index (χ3v) is 5.81. The summed E-state index contributed by atoms with van der Waals surface area (Å²) >= 11 is 0. The van der Waals surface area contributed by atoms with Crippen molar-refractivity contribution in [1.29, 1.82) is 0 Å². The maximum absolute atomic E-state index is 5.31. The lowest BCUT2D eigenvalue weighted by Gasteiger charge is -2.40. The van der Waals surface area contributed by atoms with Gasteiger partial charge in [0.2, 0.25) is 0 Å². The van der Waals surface area contributed by atoms with Gasteiger partial charge in [0.25, 0.3) is 5.89 Å². The minimum atomic E-state index is 0.453. The lowest BCUT2D eigenvalue weighted by Crippen LogP contribution is -2.51. The number of rotatable bonds is 4. The molecule has 27 heavy (non-hydrogen) atoms. The summed E-state index contributed by atoms with van der Waals surface area (Å²) in [6.45, 7) is 5.03. The van der Waals surface area contributed by atoms with Crippen LogP contribution in [0.3, 0.4) is 0 Å². The highest BCUT2D eigenvalue weighted by Crippen LogP contribution is 2.25. The van der Waals surface area contributed by atoms with Crippen molar-refractivity contribution in [3.05, 3.63) is 59.6 Å². The number of furan rings is 1. The van der Waals surface area contributed by atoms with Crippen LogP contribution < -0.4 is 0 Å². The van der Waals surface area contributed by atoms with Crippen LogP contribution in [0.1, 0.15) is 23.4 Å². The van der Waals surface area contributed by atoms with Crippen LogP contribution in [0, 0.1) is 0 Å². The molecule has 6 heteroatoms. The van der Waals surface area contributed by atoms with Gasteiger partial charge in [-0.2, -0.15) is 4.98 Å². The van der Waals surface area contributed by atoms with E-state index in [-0.39, 0.29) is 0 Å². The summed E-state index contributed by atoms with van der Waals surface area (Å²) in [5.74, 6) is 1.80. The van der Waals surface area contributed by atoms with Crippen molar-refractivity contribution < 1.29 is 8.94 Å². The lowest BCUT2D eigenvalue weighted by atomic mass is 9.87. The first-order chi connectivity index (χ1) is 13.3. The van der Waals surface area contributed by atoms with E-state index in [0.29, 0.717) is 17.7 Å². The van der Waals surface area contributed by atoms with Gasteiger partial charge in [0.1, 0.15) is 0 Å². The number of benzene rings is 1. The molecule has 3 heterocycles. The second-order valence-corrected chi connectivity index (χ2v) is 7.47. The first-order valence-corrected chi connectivity index (χ1v) is 9.75. The molecule has 1 unspecified atom stereocenters. The normalized spacial score (nSPS) is 21.3. The van der Waals surface area contributed by atoms with Crippen molar-refractivity contribution >= 4 is 0 Å². The maximum Gasteiger partial charge on any atom is 0.293 e. The van der Waals surface area contributed by atoms with Crippen LogP contribution in [0.15, 0.2) is 51.6 Å². The van der Waals surface area contributed by atoms with Crippen LogP contribution in [0.4, 0.5) is 0 Å². The topological polar surface area (TPSA) is 58.5 Å². The zero-order valence-corrected chi connectivity index (χ0v) is 15.4. The Kier molecular flexibility index (Phi) is 4.51. The summed E-state index contributed by atoms with van der Waals surface area (Å²) in [4.78, 5) is 9.52. The fraction of sp³-hybridized carbons (Fsp3) is 0.429. The Balaban J connectivity index is 1.15. The molecule has 1 aromatic carbocycles. The van der Waals surface area contributed by atoms with Gasteiger partial charge in [-0.25, -0.2) is 0 Å². The van der Waals surface area contributed by atoms with E-state index in [1.54, 1.807) is 6.26 Å². The first-order valence-electron chi connectivity index (χ1n) is 9.75. The molecule has 0 N–H and O–H groups in total. The molecule has 140 valence electrons. The number of hydrogen-bond acceptors (Lipinski definition) is 6. The molecule has 2 aliphatic rings. The highest BCUT2D eigenvalue weighted by atomic mass is 16.5. The van der Waals surface area contributed by atoms with E-state index in [9.17, 15) is 0 Å². The molecular weight excluding hydrogens is 340 g/mol. The van der Waals surface area contributed by atoms with Crippen molar-refractivity contribution in [2.24, 2.45) is 0 Å². The van der Waals surface area contributed by atoms with Crippen LogP contribution in [0.5, 0.6) is 0 Å². The van der Waals surface area contributed by atoms with Crippen molar-refractivity contribution in [3.8, 4) is 11.7 Å². The zero-order valence-electron chi connectivity index (χ0n) is 15.4. The molecule has 1 fully saturated rings. The van der Waals surface area contributed by atoms with Crippen molar-refractivity contribution in [2.45, 2.75) is 31.8 Å². The Morgan fingerprint density at radius 2 is 1.85 bits per heavy atom. The quantitative estimate of drug-likeness (QED) is 0.709. The molecular formula is C21H24N4O2. The van der Waals surface area contributed by atoms with E-state index in [4.69, 9.17) is 8.94 Å². The van der Waals surface area contributed by atoms with Gasteiger partial charge in [-0.05, 0) is 42.5 Å². The first kappa shape index (κ1) is 16.7. The average molecular weight is 364 g/mol. The summed E-state index contributed by atoms with van der Waals surface area (Å²) in [5.41, 5.74) is 3.07. The summed E-state index contributed by atoms with van der Waals surface area (Å²) in [7, 11) is 0. The number of aromatic nitrogens is 2. The number of aryl methyl sites for hydroxylation is 1. The fourth-order valence-corrected chi connectivity index (χ4v) is 4.30. The minimum Gasteiger partial charge on any atom is -0.459 e. The Morgan fingerprint density at radius 1 is 1.00 bits per heavy atom. The molecule has 1 saturated heterocycles. The van der Waals surface area contributed by atoms with Gasteiger partial charge in [-0.15, -0.1) is 0 Å². The van der Waals surface area contributed by atoms with Crippen molar-refractivity contribution in [3.63, 3.8) is 0 Å². The van der Waals surface area contributed by atoms with Crippen molar-refractivity contribution in [1.82, 2.24) is 19.9 Å². The molecule has 6 nitrogen and oxygen atoms in total. The molecule has 0 bridgehead atoms. The fourth-order valence-electron chi connectivity index (χ4n) is 4.30. The molecule has 1 aliphatic heterocycles. The van der Waals surface area contributed by atoms with E-state index < -0.39 is 0 Å². The van der Waals surface area contributed by atoms with Crippen LogP contribution in [-0.4, -0.2) is 52.2 Å². The van der Waals surface area contributed by atoms with Gasteiger partial charge in [-0.1, -0.05) is 29.4 Å². The maximum atomic E-state index is 5.31. The summed E-state index contributed by atoms with van der Waals surface area (Å²) < 4.78 is 10.6. The molecule has 3 aromatic rings. The Morgan fingerprint density at radius 3 is 2.67 bits per heavy atom. The smallest absolute Gasteiger partial charge is 0.293 e. The van der Waals surface area contributed by atoms with Crippen LogP contribution in [-0.2, 0) is 19.4 Å². The van der Waals surface area contributed by atoms with E-state index in [1.807, 2.05) is 12.1 Å². The van der Waals surface area contributed by atoms with Gasteiger partial charge >= 0.3 is 0 Å². The summed E-state index contributed by atoms with van der Waals surface area (Å²) in [6, 6.07) is 13.2. The highest BCUT2D eigenvalue weighted by Gasteiger charge is 2.27. The molecule has 0 amide bonds. The Labute approximate surface area is 158 Å². The zero-order chi connectivity index (χ0) is 18.1. The van der Waals surface area contributed by atoms with Crippen molar-refractivity contribution in [2.75, 3.05) is 26.2 Å². The van der Waals surface area contributed by atoms with Gasteiger partial charge in [-0.3, -0.25) is 9.80 Å². The molecule has 2 aromatic heterocycles. The molecule has 0 saturated carbocycles. The number of hydrogen-bond donors (Lipinski definition) is 0. The Hall–Kier alpha value is -2.44. The second kappa shape index (κ2) is 7.29. The lowest BCUT2D eigenvalue weighted by molar-refractivity contribution is 0.0838. The summed E-state index contributed by atoms with van der Waals surface area (Å²) in [5, 5.41) is 4.10. The predicted octanol–water partition coefficient (Wildman–Crippen LogP) is 3.00. The monoisotopic (exact) mass is 364 g/mol. The van der Waals surface area contributed by atoms with Gasteiger partial charge in [0, 0.05) is 32.2 Å². The SMILES string of the molecule is c1coc(-c2nc(CN3CCN(C4CCc5ccccc5C4)CC3)no2)c1. The predicted molar refractivity (Wildman–Crippen MR) is 101 cm³/mol. The minimum absolute atomic E-state index is 0.453. The number of nitrogens with zero attached hydrogens (tertiary/aromatic N) is 4. The largest absolute Gasteiger partial charge is 0.459 e. The second-order valence-electron chi connectivity index (χ2n) is 7.47. The van der Waals surface area contributed by atoms with E-state index in [1.165, 1.54) is 30.4 Å². The number of piperazine rings is 1. The third-order valence-electron chi connectivity index (χ3n) is 5.81. The van der Waals surface area contributed by atoms with Gasteiger partial charge in [0.15, 0.2) is 11.6 Å². The average Bonchev–Trinajstić information content (AvgIpc) is 3.40. The van der Waals surface area contributed by atoms with Crippen LogP contribution in [0.2, 0.25) is 0 Å². The van der Waals surface area contributed by atoms with E-state index in [0.717, 1.165) is 38.5 Å². The van der Waals surface area contributed by atoms with Gasteiger partial charge in [0.05, 0.1) is 12.8 Å². The van der Waals surface area contributed by atoms with Crippen LogP contribution in [0.25, 0.3) is 11.7 Å². The molecule has 1 atom stereocenters. The molecule has 5 rings (SSSR count). The van der Waals surface area contributed by atoms with Crippen LogP contribution >= 0.6 is 0 Å². The number of fused-ring (bicyclic) bond motifs is 1. The standard InChI is InChI=1S/C21H24N4O2/c1-2-5-17-14-18(8-7-16(17)4-1)25-11-9-24(10-12-25)15-20-22-21(27-23-20)19-6-3-13-26-19/h1-6,13,18H,7-12,14-15H2. The van der Waals surface area contributed by atoms with Gasteiger partial charge < -0.3 is 8.94 Å². The highest BCUT2D eigenvalue weighted by molar-refractivity contribution is 5.42.